The molecule has 8 heteroatoms. The van der Waals surface area contributed by atoms with E-state index in [2.05, 4.69) is 16.6 Å². The lowest BCUT2D eigenvalue weighted by molar-refractivity contribution is -0.135. The van der Waals surface area contributed by atoms with Gasteiger partial charge in [0.05, 0.1) is 12.7 Å². The molecule has 0 atom stereocenters. The largest absolute Gasteiger partial charge is 0.465 e. The van der Waals surface area contributed by atoms with Crippen LogP contribution in [0.25, 0.3) is 11.7 Å². The predicted octanol–water partition coefficient (Wildman–Crippen LogP) is 1.22. The summed E-state index contributed by atoms with van der Waals surface area (Å²) in [6.45, 7) is 8.11. The van der Waals surface area contributed by atoms with Crippen molar-refractivity contribution in [2.24, 2.45) is 0 Å². The second kappa shape index (κ2) is 8.23. The molecule has 0 amide bonds. The minimum atomic E-state index is -0.780. The molecule has 0 radical (unpaired) electrons. The smallest absolute Gasteiger partial charge is 0.348 e. The van der Waals surface area contributed by atoms with Gasteiger partial charge in [0.1, 0.15) is 23.1 Å². The molecule has 1 aliphatic heterocycles. The average molecular weight is 381 g/mol. The summed E-state index contributed by atoms with van der Waals surface area (Å²) in [5.74, 6) is -0.287. The molecule has 0 aromatic carbocycles. The number of likely N-dealkylation sites (N-methyl/N-ethyl adjacent to an activating group) is 1. The third kappa shape index (κ3) is 3.62. The molecule has 0 saturated carbocycles. The molecule has 1 saturated heterocycles. The lowest BCUT2D eigenvalue weighted by Gasteiger charge is -2.35. The topological polar surface area (TPSA) is 90.9 Å². The first-order chi connectivity index (χ1) is 13.5. The number of carbonyl (C=O) groups excluding carboxylic acids is 1. The number of ether oxygens (including phenoxy) is 1. The highest BCUT2D eigenvalue weighted by atomic mass is 16.5. The molecule has 0 N–H and O–H groups in total. The van der Waals surface area contributed by atoms with Gasteiger partial charge in [-0.25, -0.2) is 9.78 Å². The summed E-state index contributed by atoms with van der Waals surface area (Å²) < 4.78 is 6.10. The number of methoxy groups -OCH3 is 1. The zero-order valence-corrected chi connectivity index (χ0v) is 16.3. The summed E-state index contributed by atoms with van der Waals surface area (Å²) in [5, 5.41) is 9.34. The number of carbonyl (C=O) groups is 1. The molecule has 0 unspecified atom stereocenters. The van der Waals surface area contributed by atoms with Gasteiger partial charge in [-0.3, -0.25) is 9.20 Å². The van der Waals surface area contributed by atoms with Gasteiger partial charge >= 0.3 is 5.97 Å². The highest BCUT2D eigenvalue weighted by Gasteiger charge is 2.23. The van der Waals surface area contributed by atoms with E-state index in [0.29, 0.717) is 24.6 Å². The number of anilines is 1. The third-order valence-corrected chi connectivity index (χ3v) is 5.00. The van der Waals surface area contributed by atoms with Crippen LogP contribution in [-0.2, 0) is 9.53 Å². The van der Waals surface area contributed by atoms with Crippen molar-refractivity contribution in [1.29, 1.82) is 5.26 Å². The number of hydrogen-bond donors (Lipinski definition) is 0. The second-order valence-corrected chi connectivity index (χ2v) is 6.62. The molecule has 146 valence electrons. The van der Waals surface area contributed by atoms with E-state index >= 15 is 0 Å². The number of rotatable bonds is 4. The summed E-state index contributed by atoms with van der Waals surface area (Å²) in [4.78, 5) is 34.2. The number of nitrogens with zero attached hydrogens (tertiary/aromatic N) is 5. The van der Waals surface area contributed by atoms with Crippen LogP contribution < -0.4 is 10.5 Å². The fourth-order valence-electron chi connectivity index (χ4n) is 3.33. The molecule has 1 fully saturated rings. The lowest BCUT2D eigenvalue weighted by atomic mass is 10.1. The van der Waals surface area contributed by atoms with Crippen molar-refractivity contribution in [2.45, 2.75) is 13.8 Å². The van der Waals surface area contributed by atoms with Crippen molar-refractivity contribution >= 4 is 23.5 Å². The molecule has 2 aromatic heterocycles. The van der Waals surface area contributed by atoms with Crippen molar-refractivity contribution in [3.8, 4) is 6.07 Å². The number of piperazine rings is 1. The molecule has 0 bridgehead atoms. The van der Waals surface area contributed by atoms with Gasteiger partial charge in [0, 0.05) is 32.4 Å². The number of esters is 1. The molecule has 0 spiro atoms. The minimum absolute atomic E-state index is 0.218. The molecule has 3 rings (SSSR count). The standard InChI is InChI=1S/C20H23N5O3/c1-4-23-8-10-24(11-9-23)18-16(12-15(13-21)20(27)28-3)19(26)25-7-5-6-14(2)17(25)22-18/h5-7,12H,4,8-11H2,1-3H3/b15-12+. The Balaban J connectivity index is 2.21. The van der Waals surface area contributed by atoms with Gasteiger partial charge in [-0.2, -0.15) is 5.26 Å². The van der Waals surface area contributed by atoms with Gasteiger partial charge in [-0.05, 0) is 31.2 Å². The Labute approximate surface area is 163 Å². The maximum absolute atomic E-state index is 13.2. The van der Waals surface area contributed by atoms with Gasteiger partial charge in [0.25, 0.3) is 5.56 Å². The van der Waals surface area contributed by atoms with Crippen molar-refractivity contribution in [2.75, 3.05) is 44.7 Å². The lowest BCUT2D eigenvalue weighted by Crippen LogP contribution is -2.47. The van der Waals surface area contributed by atoms with Crippen LogP contribution in [0.15, 0.2) is 28.7 Å². The van der Waals surface area contributed by atoms with E-state index in [1.54, 1.807) is 12.3 Å². The quantitative estimate of drug-likeness (QED) is 0.447. The van der Waals surface area contributed by atoms with E-state index in [0.717, 1.165) is 25.2 Å². The first kappa shape index (κ1) is 19.6. The van der Waals surface area contributed by atoms with Gasteiger partial charge in [0.15, 0.2) is 0 Å². The van der Waals surface area contributed by atoms with Crippen LogP contribution in [0.1, 0.15) is 18.1 Å². The number of pyridine rings is 1. The number of aryl methyl sites for hydroxylation is 1. The van der Waals surface area contributed by atoms with E-state index in [4.69, 9.17) is 4.98 Å². The maximum Gasteiger partial charge on any atom is 0.348 e. The summed E-state index contributed by atoms with van der Waals surface area (Å²) in [7, 11) is 1.20. The molecular formula is C20H23N5O3. The molecule has 3 heterocycles. The van der Waals surface area contributed by atoms with Crippen LogP contribution in [0.3, 0.4) is 0 Å². The minimum Gasteiger partial charge on any atom is -0.465 e. The highest BCUT2D eigenvalue weighted by molar-refractivity contribution is 5.98. The Bertz CT molecular complexity index is 1030. The van der Waals surface area contributed by atoms with Crippen LogP contribution in [0.2, 0.25) is 0 Å². The van der Waals surface area contributed by atoms with Gasteiger partial charge in [-0.1, -0.05) is 13.0 Å². The monoisotopic (exact) mass is 381 g/mol. The van der Waals surface area contributed by atoms with Crippen molar-refractivity contribution in [1.82, 2.24) is 14.3 Å². The first-order valence-corrected chi connectivity index (χ1v) is 9.19. The molecule has 2 aromatic rings. The Hall–Kier alpha value is -3.18. The highest BCUT2D eigenvalue weighted by Crippen LogP contribution is 2.22. The van der Waals surface area contributed by atoms with Crippen molar-refractivity contribution in [3.63, 3.8) is 0 Å². The summed E-state index contributed by atoms with van der Waals surface area (Å²) in [6.07, 6.45) is 2.93. The third-order valence-electron chi connectivity index (χ3n) is 5.00. The zero-order chi connectivity index (χ0) is 20.3. The molecule has 1 aliphatic rings. The molecule has 8 nitrogen and oxygen atoms in total. The van der Waals surface area contributed by atoms with E-state index in [-0.39, 0.29) is 16.7 Å². The molecular weight excluding hydrogens is 358 g/mol. The van der Waals surface area contributed by atoms with E-state index < -0.39 is 5.97 Å². The van der Waals surface area contributed by atoms with Gasteiger partial charge < -0.3 is 14.5 Å². The number of nitriles is 1. The fourth-order valence-corrected chi connectivity index (χ4v) is 3.33. The zero-order valence-electron chi connectivity index (χ0n) is 16.3. The fraction of sp³-hybridized carbons (Fsp3) is 0.400. The number of fused-ring (bicyclic) bond motifs is 1. The Kier molecular flexibility index (Phi) is 5.76. The summed E-state index contributed by atoms with van der Waals surface area (Å²) >= 11 is 0. The van der Waals surface area contributed by atoms with Crippen LogP contribution in [0, 0.1) is 18.3 Å². The second-order valence-electron chi connectivity index (χ2n) is 6.62. The summed E-state index contributed by atoms with van der Waals surface area (Å²) in [6, 6.07) is 5.48. The van der Waals surface area contributed by atoms with Crippen LogP contribution in [-0.4, -0.2) is 60.1 Å². The van der Waals surface area contributed by atoms with E-state index in [9.17, 15) is 14.9 Å². The first-order valence-electron chi connectivity index (χ1n) is 9.19. The van der Waals surface area contributed by atoms with Crippen molar-refractivity contribution < 1.29 is 9.53 Å². The normalized spacial score (nSPS) is 15.5. The van der Waals surface area contributed by atoms with Crippen LogP contribution in [0.5, 0.6) is 0 Å². The van der Waals surface area contributed by atoms with E-state index in [1.807, 2.05) is 24.0 Å². The molecule has 0 aliphatic carbocycles. The predicted molar refractivity (Wildman–Crippen MR) is 106 cm³/mol. The molecule has 28 heavy (non-hydrogen) atoms. The average Bonchev–Trinajstić information content (AvgIpc) is 2.73. The number of aromatic nitrogens is 2. The maximum atomic E-state index is 13.2. The summed E-state index contributed by atoms with van der Waals surface area (Å²) in [5.41, 5.74) is 1.10. The van der Waals surface area contributed by atoms with Crippen LogP contribution in [0.4, 0.5) is 5.82 Å². The van der Waals surface area contributed by atoms with Crippen molar-refractivity contribution in [3.05, 3.63) is 45.4 Å². The Morgan fingerprint density at radius 1 is 1.36 bits per heavy atom. The van der Waals surface area contributed by atoms with Crippen LogP contribution >= 0.6 is 0 Å². The Morgan fingerprint density at radius 3 is 2.68 bits per heavy atom. The van der Waals surface area contributed by atoms with Gasteiger partial charge in [-0.15, -0.1) is 0 Å². The SMILES string of the molecule is CCN1CCN(c2nc3c(C)cccn3c(=O)c2/C=C(\C#N)C(=O)OC)CC1. The van der Waals surface area contributed by atoms with E-state index in [1.165, 1.54) is 17.6 Å². The number of hydrogen-bond acceptors (Lipinski definition) is 7. The Morgan fingerprint density at radius 2 is 2.07 bits per heavy atom. The van der Waals surface area contributed by atoms with Gasteiger partial charge in [0.2, 0.25) is 0 Å².